The molecular formula is C18H22Br2N2. The Labute approximate surface area is 150 Å². The monoisotopic (exact) mass is 424 g/mol. The molecule has 2 nitrogen and oxygen atoms in total. The van der Waals surface area contributed by atoms with Crippen molar-refractivity contribution in [2.45, 2.75) is 12.1 Å². The predicted octanol–water partition coefficient (Wildman–Crippen LogP) is 5.12. The van der Waals surface area contributed by atoms with Crippen LogP contribution in [0.1, 0.15) is 23.2 Å². The van der Waals surface area contributed by atoms with Crippen molar-refractivity contribution in [3.05, 3.63) is 68.6 Å². The zero-order valence-electron chi connectivity index (χ0n) is 13.4. The van der Waals surface area contributed by atoms with Gasteiger partial charge in [-0.05, 0) is 63.6 Å². The van der Waals surface area contributed by atoms with Crippen molar-refractivity contribution in [2.24, 2.45) is 0 Å². The molecule has 4 heteroatoms. The van der Waals surface area contributed by atoms with Crippen molar-refractivity contribution >= 4 is 31.9 Å². The summed E-state index contributed by atoms with van der Waals surface area (Å²) >= 11 is 7.04. The van der Waals surface area contributed by atoms with E-state index in [9.17, 15) is 0 Å². The number of nitrogens with zero attached hydrogens (tertiary/aromatic N) is 2. The Morgan fingerprint density at radius 2 is 0.864 bits per heavy atom. The molecule has 22 heavy (non-hydrogen) atoms. The lowest BCUT2D eigenvalue weighted by molar-refractivity contribution is 0.152. The van der Waals surface area contributed by atoms with Gasteiger partial charge >= 0.3 is 0 Å². The van der Waals surface area contributed by atoms with Crippen molar-refractivity contribution in [1.29, 1.82) is 0 Å². The third-order valence-electron chi connectivity index (χ3n) is 3.83. The van der Waals surface area contributed by atoms with E-state index >= 15 is 0 Å². The van der Waals surface area contributed by atoms with Gasteiger partial charge in [-0.15, -0.1) is 0 Å². The molecule has 0 aliphatic heterocycles. The highest BCUT2D eigenvalue weighted by Gasteiger charge is 2.28. The molecule has 2 atom stereocenters. The number of hydrogen-bond donors (Lipinski definition) is 0. The average molecular weight is 426 g/mol. The summed E-state index contributed by atoms with van der Waals surface area (Å²) in [4.78, 5) is 4.58. The summed E-state index contributed by atoms with van der Waals surface area (Å²) < 4.78 is 2.22. The third-order valence-corrected chi connectivity index (χ3v) is 4.89. The van der Waals surface area contributed by atoms with Crippen molar-refractivity contribution in [2.75, 3.05) is 28.2 Å². The van der Waals surface area contributed by atoms with Crippen LogP contribution < -0.4 is 0 Å². The largest absolute Gasteiger partial charge is 0.301 e. The van der Waals surface area contributed by atoms with Crippen LogP contribution in [0.15, 0.2) is 57.5 Å². The Morgan fingerprint density at radius 3 is 1.09 bits per heavy atom. The van der Waals surface area contributed by atoms with Gasteiger partial charge < -0.3 is 9.80 Å². The van der Waals surface area contributed by atoms with E-state index in [1.54, 1.807) is 0 Å². The summed E-state index contributed by atoms with van der Waals surface area (Å²) in [6.45, 7) is 0. The van der Waals surface area contributed by atoms with Gasteiger partial charge in [-0.2, -0.15) is 0 Å². The molecule has 118 valence electrons. The van der Waals surface area contributed by atoms with Gasteiger partial charge in [0.1, 0.15) is 0 Å². The Kier molecular flexibility index (Phi) is 6.21. The van der Waals surface area contributed by atoms with Crippen LogP contribution in [-0.2, 0) is 0 Å². The van der Waals surface area contributed by atoms with Gasteiger partial charge in [0.2, 0.25) is 0 Å². The molecule has 0 heterocycles. The van der Waals surface area contributed by atoms with Crippen LogP contribution in [0.2, 0.25) is 0 Å². The maximum Gasteiger partial charge on any atom is 0.0540 e. The van der Waals surface area contributed by atoms with E-state index in [0.717, 1.165) is 8.95 Å². The first-order chi connectivity index (χ1) is 10.4. The third kappa shape index (κ3) is 4.19. The number of benzene rings is 2. The molecule has 0 aliphatic carbocycles. The molecule has 2 rings (SSSR count). The van der Waals surface area contributed by atoms with Crippen molar-refractivity contribution < 1.29 is 0 Å². The van der Waals surface area contributed by atoms with E-state index in [4.69, 9.17) is 0 Å². The normalized spacial score (nSPS) is 14.4. The highest BCUT2D eigenvalue weighted by Crippen LogP contribution is 2.36. The van der Waals surface area contributed by atoms with E-state index < -0.39 is 0 Å². The number of rotatable bonds is 5. The summed E-state index contributed by atoms with van der Waals surface area (Å²) in [6.07, 6.45) is 0. The first-order valence-corrected chi connectivity index (χ1v) is 8.82. The van der Waals surface area contributed by atoms with E-state index in [1.165, 1.54) is 11.1 Å². The molecule has 0 saturated heterocycles. The van der Waals surface area contributed by atoms with Crippen LogP contribution in [0.4, 0.5) is 0 Å². The van der Waals surface area contributed by atoms with Gasteiger partial charge in [-0.25, -0.2) is 0 Å². The molecule has 0 N–H and O–H groups in total. The molecule has 0 fully saturated rings. The van der Waals surface area contributed by atoms with Gasteiger partial charge in [0.05, 0.1) is 12.1 Å². The Balaban J connectivity index is 2.46. The number of likely N-dealkylation sites (N-methyl/N-ethyl adjacent to an activating group) is 2. The summed E-state index contributed by atoms with van der Waals surface area (Å²) in [5.74, 6) is 0. The van der Waals surface area contributed by atoms with Gasteiger partial charge in [0.15, 0.2) is 0 Å². The van der Waals surface area contributed by atoms with Crippen LogP contribution in [0, 0.1) is 0 Å². The van der Waals surface area contributed by atoms with Crippen LogP contribution in [0.5, 0.6) is 0 Å². The van der Waals surface area contributed by atoms with Crippen LogP contribution >= 0.6 is 31.9 Å². The molecule has 2 aromatic carbocycles. The molecule has 0 spiro atoms. The second kappa shape index (κ2) is 7.73. The minimum Gasteiger partial charge on any atom is -0.301 e. The minimum absolute atomic E-state index is 0.282. The lowest BCUT2D eigenvalue weighted by Crippen LogP contribution is -2.34. The van der Waals surface area contributed by atoms with Crippen molar-refractivity contribution in [3.8, 4) is 0 Å². The van der Waals surface area contributed by atoms with Crippen LogP contribution in [0.3, 0.4) is 0 Å². The zero-order chi connectivity index (χ0) is 16.3. The average Bonchev–Trinajstić information content (AvgIpc) is 2.46. The van der Waals surface area contributed by atoms with Gasteiger partial charge in [0, 0.05) is 8.95 Å². The Bertz CT molecular complexity index is 536. The smallest absolute Gasteiger partial charge is 0.0540 e. The maximum absolute atomic E-state index is 3.52. The second-order valence-electron chi connectivity index (χ2n) is 5.92. The molecule has 0 amide bonds. The fraction of sp³-hybridized carbons (Fsp3) is 0.333. The lowest BCUT2D eigenvalue weighted by atomic mass is 9.92. The number of halogens is 2. The van der Waals surface area contributed by atoms with E-state index in [0.29, 0.717) is 0 Å². The minimum atomic E-state index is 0.282. The van der Waals surface area contributed by atoms with Crippen molar-refractivity contribution in [1.82, 2.24) is 9.80 Å². The maximum atomic E-state index is 3.52. The van der Waals surface area contributed by atoms with Gasteiger partial charge in [0.25, 0.3) is 0 Å². The highest BCUT2D eigenvalue weighted by molar-refractivity contribution is 9.10. The van der Waals surface area contributed by atoms with Crippen LogP contribution in [0.25, 0.3) is 0 Å². The number of hydrogen-bond acceptors (Lipinski definition) is 2. The molecule has 0 bridgehead atoms. The molecule has 0 aromatic heterocycles. The molecule has 2 aromatic rings. The summed E-state index contributed by atoms with van der Waals surface area (Å²) in [5, 5.41) is 0. The fourth-order valence-electron chi connectivity index (χ4n) is 2.85. The lowest BCUT2D eigenvalue weighted by Gasteiger charge is -2.37. The van der Waals surface area contributed by atoms with Gasteiger partial charge in [-0.3, -0.25) is 0 Å². The molecule has 0 aliphatic rings. The predicted molar refractivity (Wildman–Crippen MR) is 101 cm³/mol. The first kappa shape index (κ1) is 17.7. The Morgan fingerprint density at radius 1 is 0.591 bits per heavy atom. The van der Waals surface area contributed by atoms with Crippen LogP contribution in [-0.4, -0.2) is 38.0 Å². The summed E-state index contributed by atoms with van der Waals surface area (Å²) in [6, 6.07) is 17.8. The van der Waals surface area contributed by atoms with E-state index in [2.05, 4.69) is 118 Å². The summed E-state index contributed by atoms with van der Waals surface area (Å²) in [7, 11) is 8.56. The first-order valence-electron chi connectivity index (χ1n) is 7.24. The molecule has 2 unspecified atom stereocenters. The Hall–Kier alpha value is -0.680. The molecule has 0 radical (unpaired) electrons. The van der Waals surface area contributed by atoms with Crippen molar-refractivity contribution in [3.63, 3.8) is 0 Å². The SMILES string of the molecule is CN(C)C(c1ccc(Br)cc1)C(c1ccc(Br)cc1)N(C)C. The highest BCUT2D eigenvalue weighted by atomic mass is 79.9. The molecular weight excluding hydrogens is 404 g/mol. The van der Waals surface area contributed by atoms with E-state index in [1.807, 2.05) is 0 Å². The fourth-order valence-corrected chi connectivity index (χ4v) is 3.37. The topological polar surface area (TPSA) is 6.48 Å². The standard InChI is InChI=1S/C18H22Br2N2/c1-21(2)17(13-5-9-15(19)10-6-13)18(22(3)4)14-7-11-16(20)12-8-14/h5-12,17-18H,1-4H3. The second-order valence-corrected chi connectivity index (χ2v) is 7.75. The summed E-state index contributed by atoms with van der Waals surface area (Å²) in [5.41, 5.74) is 2.63. The van der Waals surface area contributed by atoms with E-state index in [-0.39, 0.29) is 12.1 Å². The zero-order valence-corrected chi connectivity index (χ0v) is 16.6. The quantitative estimate of drug-likeness (QED) is 0.656. The van der Waals surface area contributed by atoms with Gasteiger partial charge in [-0.1, -0.05) is 56.1 Å². The molecule has 0 saturated carbocycles.